The first-order valence-electron chi connectivity index (χ1n) is 10.6. The standard InChI is InChI=1S/C23H27ClN6O/c1-25-23(27-19-6-5-15-30(16-19)20-7-3-2-4-8-20)26-14-13-21-28-22(29-31-21)17-9-11-18(24)12-10-17/h2-4,7-12,19H,5-6,13-16H2,1H3,(H2,25,26,27). The van der Waals surface area contributed by atoms with Crippen molar-refractivity contribution in [3.8, 4) is 11.4 Å². The third-order valence-electron chi connectivity index (χ3n) is 5.31. The zero-order valence-corrected chi connectivity index (χ0v) is 18.3. The SMILES string of the molecule is CN=C(NCCc1nc(-c2ccc(Cl)cc2)no1)NC1CCCN(c2ccccc2)C1. The Bertz CT molecular complexity index is 989. The average Bonchev–Trinajstić information content (AvgIpc) is 3.28. The van der Waals surface area contributed by atoms with Crippen molar-refractivity contribution in [1.29, 1.82) is 0 Å². The fourth-order valence-corrected chi connectivity index (χ4v) is 3.84. The summed E-state index contributed by atoms with van der Waals surface area (Å²) in [7, 11) is 1.79. The van der Waals surface area contributed by atoms with Crippen molar-refractivity contribution in [3.63, 3.8) is 0 Å². The number of aromatic nitrogens is 2. The third kappa shape index (κ3) is 5.76. The number of nitrogens with zero attached hydrogens (tertiary/aromatic N) is 4. The highest BCUT2D eigenvalue weighted by Crippen LogP contribution is 2.20. The van der Waals surface area contributed by atoms with Crippen molar-refractivity contribution >= 4 is 23.2 Å². The highest BCUT2D eigenvalue weighted by atomic mass is 35.5. The Morgan fingerprint density at radius 3 is 2.77 bits per heavy atom. The van der Waals surface area contributed by atoms with Crippen LogP contribution in [0, 0.1) is 0 Å². The second-order valence-corrected chi connectivity index (χ2v) is 7.97. The molecule has 0 amide bonds. The van der Waals surface area contributed by atoms with Crippen LogP contribution in [-0.2, 0) is 6.42 Å². The number of piperidine rings is 1. The maximum atomic E-state index is 5.93. The molecule has 7 nitrogen and oxygen atoms in total. The van der Waals surface area contributed by atoms with Crippen LogP contribution >= 0.6 is 11.6 Å². The van der Waals surface area contributed by atoms with Gasteiger partial charge in [-0.05, 0) is 49.2 Å². The van der Waals surface area contributed by atoms with Crippen LogP contribution in [0.1, 0.15) is 18.7 Å². The molecule has 0 spiro atoms. The van der Waals surface area contributed by atoms with Crippen molar-refractivity contribution in [1.82, 2.24) is 20.8 Å². The summed E-state index contributed by atoms with van der Waals surface area (Å²) in [5, 5.41) is 11.6. The molecule has 1 aliphatic heterocycles. The number of benzene rings is 2. The summed E-state index contributed by atoms with van der Waals surface area (Å²) in [6, 6.07) is 18.3. The lowest BCUT2D eigenvalue weighted by Gasteiger charge is -2.35. The number of anilines is 1. The van der Waals surface area contributed by atoms with Gasteiger partial charge < -0.3 is 20.1 Å². The first-order chi connectivity index (χ1) is 15.2. The second kappa shape index (κ2) is 10.3. The summed E-state index contributed by atoms with van der Waals surface area (Å²) in [6.45, 7) is 2.69. The van der Waals surface area contributed by atoms with E-state index in [0.29, 0.717) is 35.7 Å². The molecule has 1 fully saturated rings. The molecule has 8 heteroatoms. The molecular weight excluding hydrogens is 412 g/mol. The predicted molar refractivity (Wildman–Crippen MR) is 125 cm³/mol. The van der Waals surface area contributed by atoms with E-state index < -0.39 is 0 Å². The van der Waals surface area contributed by atoms with E-state index in [1.165, 1.54) is 5.69 Å². The molecule has 4 rings (SSSR count). The number of para-hydroxylation sites is 1. The first-order valence-corrected chi connectivity index (χ1v) is 10.9. The summed E-state index contributed by atoms with van der Waals surface area (Å²) in [6.07, 6.45) is 2.89. The summed E-state index contributed by atoms with van der Waals surface area (Å²) in [5.41, 5.74) is 2.15. The summed E-state index contributed by atoms with van der Waals surface area (Å²) < 4.78 is 5.38. The van der Waals surface area contributed by atoms with Crippen LogP contribution in [0.5, 0.6) is 0 Å². The molecule has 2 aromatic carbocycles. The average molecular weight is 439 g/mol. The van der Waals surface area contributed by atoms with Gasteiger partial charge >= 0.3 is 0 Å². The predicted octanol–water partition coefficient (Wildman–Crippen LogP) is 3.77. The Hall–Kier alpha value is -3.06. The maximum absolute atomic E-state index is 5.93. The van der Waals surface area contributed by atoms with Gasteiger partial charge in [-0.1, -0.05) is 35.0 Å². The smallest absolute Gasteiger partial charge is 0.228 e. The Kier molecular flexibility index (Phi) is 7.04. The van der Waals surface area contributed by atoms with Gasteiger partial charge in [-0.2, -0.15) is 4.98 Å². The fourth-order valence-electron chi connectivity index (χ4n) is 3.72. The second-order valence-electron chi connectivity index (χ2n) is 7.53. The van der Waals surface area contributed by atoms with Gasteiger partial charge in [-0.15, -0.1) is 0 Å². The topological polar surface area (TPSA) is 78.6 Å². The van der Waals surface area contributed by atoms with E-state index in [9.17, 15) is 0 Å². The van der Waals surface area contributed by atoms with Gasteiger partial charge in [0.15, 0.2) is 5.96 Å². The van der Waals surface area contributed by atoms with Crippen molar-refractivity contribution in [2.75, 3.05) is 31.6 Å². The number of aliphatic imine (C=N–C) groups is 1. The van der Waals surface area contributed by atoms with Crippen molar-refractivity contribution in [2.45, 2.75) is 25.3 Å². The molecule has 0 bridgehead atoms. The summed E-state index contributed by atoms with van der Waals surface area (Å²) in [4.78, 5) is 11.3. The van der Waals surface area contributed by atoms with Crippen LogP contribution in [0.3, 0.4) is 0 Å². The van der Waals surface area contributed by atoms with Gasteiger partial charge in [0, 0.05) is 55.4 Å². The van der Waals surface area contributed by atoms with Gasteiger partial charge in [0.05, 0.1) is 0 Å². The van der Waals surface area contributed by atoms with Crippen molar-refractivity contribution in [2.24, 2.45) is 4.99 Å². The van der Waals surface area contributed by atoms with Crippen LogP contribution in [0.4, 0.5) is 5.69 Å². The lowest BCUT2D eigenvalue weighted by Crippen LogP contribution is -2.51. The third-order valence-corrected chi connectivity index (χ3v) is 5.56. The molecule has 1 aromatic heterocycles. The van der Waals surface area contributed by atoms with Crippen molar-refractivity contribution in [3.05, 3.63) is 65.5 Å². The molecule has 2 heterocycles. The Morgan fingerprint density at radius 1 is 1.19 bits per heavy atom. The minimum atomic E-state index is 0.347. The Morgan fingerprint density at radius 2 is 2.00 bits per heavy atom. The Balaban J connectivity index is 1.26. The number of nitrogens with one attached hydrogen (secondary N) is 2. The van der Waals surface area contributed by atoms with E-state index in [1.54, 1.807) is 7.05 Å². The molecule has 0 aliphatic carbocycles. The van der Waals surface area contributed by atoms with Crippen LogP contribution in [-0.4, -0.2) is 48.8 Å². The highest BCUT2D eigenvalue weighted by molar-refractivity contribution is 6.30. The summed E-state index contributed by atoms with van der Waals surface area (Å²) >= 11 is 5.93. The molecule has 1 saturated heterocycles. The van der Waals surface area contributed by atoms with E-state index in [-0.39, 0.29) is 0 Å². The van der Waals surface area contributed by atoms with E-state index >= 15 is 0 Å². The molecule has 1 aliphatic rings. The number of hydrogen-bond acceptors (Lipinski definition) is 5. The molecule has 0 radical (unpaired) electrons. The minimum Gasteiger partial charge on any atom is -0.369 e. The normalized spacial score (nSPS) is 16.9. The molecule has 1 unspecified atom stereocenters. The Labute approximate surface area is 187 Å². The number of guanidine groups is 1. The number of hydrogen-bond donors (Lipinski definition) is 2. The molecule has 0 saturated carbocycles. The molecule has 162 valence electrons. The molecule has 1 atom stereocenters. The molecular formula is C23H27ClN6O. The zero-order chi connectivity index (χ0) is 21.5. The fraction of sp³-hybridized carbons (Fsp3) is 0.348. The van der Waals surface area contributed by atoms with Crippen LogP contribution in [0.25, 0.3) is 11.4 Å². The minimum absolute atomic E-state index is 0.347. The van der Waals surface area contributed by atoms with Crippen LogP contribution < -0.4 is 15.5 Å². The number of rotatable bonds is 6. The van der Waals surface area contributed by atoms with Gasteiger partial charge in [-0.3, -0.25) is 4.99 Å². The quantitative estimate of drug-likeness (QED) is 0.450. The van der Waals surface area contributed by atoms with E-state index in [2.05, 4.69) is 61.0 Å². The summed E-state index contributed by atoms with van der Waals surface area (Å²) in [5.74, 6) is 1.94. The van der Waals surface area contributed by atoms with Crippen LogP contribution in [0.15, 0.2) is 64.1 Å². The van der Waals surface area contributed by atoms with Gasteiger partial charge in [0.2, 0.25) is 11.7 Å². The van der Waals surface area contributed by atoms with E-state index in [1.807, 2.05) is 24.3 Å². The van der Waals surface area contributed by atoms with Crippen molar-refractivity contribution < 1.29 is 4.52 Å². The van der Waals surface area contributed by atoms with E-state index in [0.717, 1.165) is 37.5 Å². The zero-order valence-electron chi connectivity index (χ0n) is 17.6. The van der Waals surface area contributed by atoms with E-state index in [4.69, 9.17) is 16.1 Å². The van der Waals surface area contributed by atoms with Gasteiger partial charge in [-0.25, -0.2) is 0 Å². The monoisotopic (exact) mass is 438 g/mol. The molecule has 3 aromatic rings. The lowest BCUT2D eigenvalue weighted by atomic mass is 10.1. The number of halogens is 1. The van der Waals surface area contributed by atoms with Crippen LogP contribution in [0.2, 0.25) is 5.02 Å². The van der Waals surface area contributed by atoms with Gasteiger partial charge in [0.1, 0.15) is 0 Å². The largest absolute Gasteiger partial charge is 0.369 e. The maximum Gasteiger partial charge on any atom is 0.228 e. The first kappa shape index (κ1) is 21.2. The van der Waals surface area contributed by atoms with Gasteiger partial charge in [0.25, 0.3) is 0 Å². The molecule has 2 N–H and O–H groups in total. The highest BCUT2D eigenvalue weighted by Gasteiger charge is 2.21. The molecule has 31 heavy (non-hydrogen) atoms. The lowest BCUT2D eigenvalue weighted by molar-refractivity contribution is 0.378.